The predicted octanol–water partition coefficient (Wildman–Crippen LogP) is 2.71. The smallest absolute Gasteiger partial charge is 0.239 e. The lowest BCUT2D eigenvalue weighted by molar-refractivity contribution is -0.131. The molecule has 1 atom stereocenters. The third kappa shape index (κ3) is 4.00. The molecule has 19 heavy (non-hydrogen) atoms. The van der Waals surface area contributed by atoms with Crippen LogP contribution in [-0.4, -0.2) is 34.9 Å². The Morgan fingerprint density at radius 1 is 1.47 bits per heavy atom. The first-order chi connectivity index (χ1) is 9.08. The van der Waals surface area contributed by atoms with Gasteiger partial charge < -0.3 is 10.2 Å². The first-order valence-corrected chi connectivity index (χ1v) is 7.98. The van der Waals surface area contributed by atoms with Crippen LogP contribution in [0.15, 0.2) is 21.2 Å². The van der Waals surface area contributed by atoms with Crippen LogP contribution in [0.1, 0.15) is 25.5 Å². The minimum absolute atomic E-state index is 0.171. The van der Waals surface area contributed by atoms with E-state index < -0.39 is 0 Å². The molecule has 0 spiro atoms. The van der Waals surface area contributed by atoms with Gasteiger partial charge in [0.1, 0.15) is 0 Å². The predicted molar refractivity (Wildman–Crippen MR) is 81.8 cm³/mol. The summed E-state index contributed by atoms with van der Waals surface area (Å²) in [7, 11) is 0. The maximum Gasteiger partial charge on any atom is 0.239 e. The van der Waals surface area contributed by atoms with Crippen LogP contribution < -0.4 is 5.32 Å². The Hall–Kier alpha value is -0.460. The van der Waals surface area contributed by atoms with Crippen molar-refractivity contribution < 1.29 is 4.79 Å². The largest absolute Gasteiger partial charge is 0.341 e. The second-order valence-electron chi connectivity index (χ2n) is 4.72. The molecule has 0 bridgehead atoms. The molecule has 1 N–H and O–H groups in total. The molecule has 104 valence electrons. The molecule has 0 saturated carbocycles. The van der Waals surface area contributed by atoms with Crippen molar-refractivity contribution in [3.05, 3.63) is 26.9 Å². The van der Waals surface area contributed by atoms with E-state index in [-0.39, 0.29) is 11.9 Å². The van der Waals surface area contributed by atoms with Gasteiger partial charge in [-0.3, -0.25) is 9.78 Å². The summed E-state index contributed by atoms with van der Waals surface area (Å²) in [6.07, 6.45) is 4.01. The van der Waals surface area contributed by atoms with Crippen LogP contribution >= 0.6 is 31.9 Å². The van der Waals surface area contributed by atoms with E-state index in [1.807, 2.05) is 17.9 Å². The van der Waals surface area contributed by atoms with E-state index in [1.165, 1.54) is 0 Å². The highest BCUT2D eigenvalue weighted by Gasteiger charge is 2.22. The normalized spacial score (nSPS) is 16.7. The van der Waals surface area contributed by atoms with Gasteiger partial charge in [0, 0.05) is 34.8 Å². The van der Waals surface area contributed by atoms with Crippen LogP contribution in [-0.2, 0) is 11.3 Å². The van der Waals surface area contributed by atoms with E-state index in [0.29, 0.717) is 6.54 Å². The van der Waals surface area contributed by atoms with Gasteiger partial charge in [-0.25, -0.2) is 0 Å². The number of aromatic nitrogens is 1. The van der Waals surface area contributed by atoms with Crippen molar-refractivity contribution in [1.29, 1.82) is 0 Å². The monoisotopic (exact) mass is 389 g/mol. The number of carbonyl (C=O) groups excluding carboxylic acids is 1. The van der Waals surface area contributed by atoms with Crippen LogP contribution in [0, 0.1) is 0 Å². The molecule has 0 aliphatic carbocycles. The lowest BCUT2D eigenvalue weighted by atomic mass is 10.2. The fraction of sp³-hybridized carbons (Fsp3) is 0.538. The summed E-state index contributed by atoms with van der Waals surface area (Å²) in [5.74, 6) is 0.186. The Bertz CT molecular complexity index is 461. The minimum Gasteiger partial charge on any atom is -0.341 e. The zero-order valence-corrected chi connectivity index (χ0v) is 14.0. The molecule has 2 heterocycles. The summed E-state index contributed by atoms with van der Waals surface area (Å²) in [6.45, 7) is 4.28. The van der Waals surface area contributed by atoms with Gasteiger partial charge in [0.15, 0.2) is 0 Å². The van der Waals surface area contributed by atoms with Crippen molar-refractivity contribution in [3.8, 4) is 0 Å². The van der Waals surface area contributed by atoms with E-state index in [1.54, 1.807) is 6.20 Å². The quantitative estimate of drug-likeness (QED) is 0.859. The minimum atomic E-state index is -0.171. The van der Waals surface area contributed by atoms with Crippen LogP contribution in [0.3, 0.4) is 0 Å². The van der Waals surface area contributed by atoms with Gasteiger partial charge in [0.05, 0.1) is 11.7 Å². The fourth-order valence-electron chi connectivity index (χ4n) is 2.12. The Morgan fingerprint density at radius 3 is 2.79 bits per heavy atom. The summed E-state index contributed by atoms with van der Waals surface area (Å²) < 4.78 is 1.87. The number of nitrogens with one attached hydrogen (secondary N) is 1. The van der Waals surface area contributed by atoms with E-state index in [9.17, 15) is 4.79 Å². The third-order valence-electron chi connectivity index (χ3n) is 3.25. The number of halogens is 2. The standard InChI is InChI=1S/C13H17Br2N3O/c1-9(13(19)18-4-2-3-5-18)16-8-12-11(15)6-10(14)7-17-12/h6-7,9,16H,2-5,8H2,1H3. The van der Waals surface area contributed by atoms with Gasteiger partial charge in [-0.15, -0.1) is 0 Å². The topological polar surface area (TPSA) is 45.2 Å². The summed E-state index contributed by atoms with van der Waals surface area (Å²) >= 11 is 6.84. The van der Waals surface area contributed by atoms with Crippen molar-refractivity contribution in [2.75, 3.05) is 13.1 Å². The molecule has 1 aromatic heterocycles. The second kappa shape index (κ2) is 6.81. The van der Waals surface area contributed by atoms with Gasteiger partial charge in [0.25, 0.3) is 0 Å². The highest BCUT2D eigenvalue weighted by atomic mass is 79.9. The summed E-state index contributed by atoms with van der Waals surface area (Å²) in [4.78, 5) is 18.4. The first-order valence-electron chi connectivity index (χ1n) is 6.40. The molecule has 1 unspecified atom stereocenters. The van der Waals surface area contributed by atoms with E-state index in [2.05, 4.69) is 42.2 Å². The van der Waals surface area contributed by atoms with Gasteiger partial charge >= 0.3 is 0 Å². The van der Waals surface area contributed by atoms with E-state index in [4.69, 9.17) is 0 Å². The number of nitrogens with zero attached hydrogens (tertiary/aromatic N) is 2. The van der Waals surface area contributed by atoms with Crippen LogP contribution in [0.25, 0.3) is 0 Å². The first kappa shape index (κ1) is 14.9. The number of rotatable bonds is 4. The van der Waals surface area contributed by atoms with Gasteiger partial charge in [-0.2, -0.15) is 0 Å². The maximum absolute atomic E-state index is 12.1. The van der Waals surface area contributed by atoms with Crippen LogP contribution in [0.5, 0.6) is 0 Å². The van der Waals surface area contributed by atoms with Crippen molar-refractivity contribution in [1.82, 2.24) is 15.2 Å². The highest BCUT2D eigenvalue weighted by Crippen LogP contribution is 2.19. The molecule has 0 aromatic carbocycles. The summed E-state index contributed by atoms with van der Waals surface area (Å²) in [5, 5.41) is 3.24. The van der Waals surface area contributed by atoms with Crippen molar-refractivity contribution >= 4 is 37.8 Å². The molecule has 2 rings (SSSR count). The van der Waals surface area contributed by atoms with E-state index in [0.717, 1.165) is 40.6 Å². The zero-order valence-electron chi connectivity index (χ0n) is 10.8. The molecular formula is C13H17Br2N3O. The molecule has 1 aliphatic heterocycles. The lowest BCUT2D eigenvalue weighted by Gasteiger charge is -2.21. The fourth-order valence-corrected chi connectivity index (χ4v) is 3.25. The van der Waals surface area contributed by atoms with Gasteiger partial charge in [-0.1, -0.05) is 0 Å². The second-order valence-corrected chi connectivity index (χ2v) is 6.49. The number of likely N-dealkylation sites (tertiary alicyclic amines) is 1. The summed E-state index contributed by atoms with van der Waals surface area (Å²) in [6, 6.07) is 1.78. The molecule has 4 nitrogen and oxygen atoms in total. The molecule has 1 fully saturated rings. The number of amides is 1. The lowest BCUT2D eigenvalue weighted by Crippen LogP contribution is -2.43. The number of pyridine rings is 1. The molecule has 1 amide bonds. The van der Waals surface area contributed by atoms with Gasteiger partial charge in [-0.05, 0) is 57.7 Å². The summed E-state index contributed by atoms with van der Waals surface area (Å²) in [5.41, 5.74) is 0.907. The van der Waals surface area contributed by atoms with Crippen molar-refractivity contribution in [2.24, 2.45) is 0 Å². The Labute approximate surface area is 130 Å². The molecule has 1 aromatic rings. The SMILES string of the molecule is CC(NCc1ncc(Br)cc1Br)C(=O)N1CCCC1. The van der Waals surface area contributed by atoms with Gasteiger partial charge in [0.2, 0.25) is 5.91 Å². The Kier molecular flexibility index (Phi) is 5.36. The van der Waals surface area contributed by atoms with E-state index >= 15 is 0 Å². The number of carbonyl (C=O) groups is 1. The Balaban J connectivity index is 1.88. The highest BCUT2D eigenvalue weighted by molar-refractivity contribution is 9.11. The maximum atomic E-state index is 12.1. The number of hydrogen-bond donors (Lipinski definition) is 1. The average molecular weight is 391 g/mol. The Morgan fingerprint density at radius 2 is 2.16 bits per heavy atom. The molecule has 0 radical (unpaired) electrons. The van der Waals surface area contributed by atoms with Crippen LogP contribution in [0.4, 0.5) is 0 Å². The van der Waals surface area contributed by atoms with Crippen molar-refractivity contribution in [3.63, 3.8) is 0 Å². The van der Waals surface area contributed by atoms with Crippen molar-refractivity contribution in [2.45, 2.75) is 32.4 Å². The average Bonchev–Trinajstić information content (AvgIpc) is 2.90. The molecule has 1 saturated heterocycles. The molecule has 1 aliphatic rings. The molecule has 6 heteroatoms. The third-order valence-corrected chi connectivity index (χ3v) is 4.37. The molecular weight excluding hydrogens is 374 g/mol. The number of hydrogen-bond acceptors (Lipinski definition) is 3. The van der Waals surface area contributed by atoms with Crippen LogP contribution in [0.2, 0.25) is 0 Å². The zero-order chi connectivity index (χ0) is 13.8.